The van der Waals surface area contributed by atoms with Gasteiger partial charge >= 0.3 is 5.97 Å². The Morgan fingerprint density at radius 1 is 1.29 bits per heavy atom. The van der Waals surface area contributed by atoms with Gasteiger partial charge in [-0.2, -0.15) is 0 Å². The first-order chi connectivity index (χ1) is 8.09. The van der Waals surface area contributed by atoms with E-state index in [2.05, 4.69) is 0 Å². The van der Waals surface area contributed by atoms with Crippen molar-refractivity contribution in [2.24, 2.45) is 0 Å². The lowest BCUT2D eigenvalue weighted by Gasteiger charge is -2.34. The highest BCUT2D eigenvalue weighted by Crippen LogP contribution is 2.21. The van der Waals surface area contributed by atoms with Gasteiger partial charge in [-0.3, -0.25) is 4.79 Å². The van der Waals surface area contributed by atoms with E-state index in [9.17, 15) is 9.59 Å². The Balaban J connectivity index is 2.29. The first-order valence-corrected chi connectivity index (χ1v) is 5.41. The van der Waals surface area contributed by atoms with Gasteiger partial charge in [-0.15, -0.1) is 0 Å². The number of hydrogen-bond donors (Lipinski definition) is 1. The van der Waals surface area contributed by atoms with Crippen molar-refractivity contribution in [1.82, 2.24) is 4.90 Å². The molecule has 0 saturated carbocycles. The fourth-order valence-corrected chi connectivity index (χ4v) is 1.89. The molecule has 5 nitrogen and oxygen atoms in total. The van der Waals surface area contributed by atoms with Gasteiger partial charge in [-0.05, 0) is 12.1 Å². The normalized spacial score (nSPS) is 16.2. The minimum absolute atomic E-state index is 0.0106. The predicted octanol–water partition coefficient (Wildman–Crippen LogP) is 0.663. The first kappa shape index (κ1) is 11.4. The molecule has 0 spiro atoms. The monoisotopic (exact) mass is 234 g/mol. The number of amides is 1. The molecule has 1 N–H and O–H groups in total. The Kier molecular flexibility index (Phi) is 2.99. The molecule has 1 fully saturated rings. The number of benzene rings is 1. The summed E-state index contributed by atoms with van der Waals surface area (Å²) < 4.78 is 0. The molecular weight excluding hydrogens is 220 g/mol. The summed E-state index contributed by atoms with van der Waals surface area (Å²) in [5, 5.41) is 9.09. The molecule has 17 heavy (non-hydrogen) atoms. The zero-order chi connectivity index (χ0) is 12.4. The van der Waals surface area contributed by atoms with Gasteiger partial charge in [-0.1, -0.05) is 12.1 Å². The number of para-hydroxylation sites is 1. The van der Waals surface area contributed by atoms with E-state index >= 15 is 0 Å². The Morgan fingerprint density at radius 2 is 2.00 bits per heavy atom. The molecule has 0 radical (unpaired) electrons. The van der Waals surface area contributed by atoms with Crippen LogP contribution < -0.4 is 4.90 Å². The number of piperazine rings is 1. The zero-order valence-electron chi connectivity index (χ0n) is 9.59. The van der Waals surface area contributed by atoms with Crippen LogP contribution in [0.4, 0.5) is 5.69 Å². The van der Waals surface area contributed by atoms with Crippen molar-refractivity contribution in [1.29, 1.82) is 0 Å². The number of rotatable bonds is 2. The van der Waals surface area contributed by atoms with Gasteiger partial charge in [0.25, 0.3) is 0 Å². The molecule has 0 atom stereocenters. The highest BCUT2D eigenvalue weighted by molar-refractivity contribution is 5.95. The van der Waals surface area contributed by atoms with Crippen molar-refractivity contribution in [3.05, 3.63) is 29.8 Å². The summed E-state index contributed by atoms with van der Waals surface area (Å²) in [6, 6.07) is 6.76. The SMILES string of the molecule is CN1CCN(c2ccccc2C(=O)O)CC1=O. The zero-order valence-corrected chi connectivity index (χ0v) is 9.59. The molecule has 0 unspecified atom stereocenters. The largest absolute Gasteiger partial charge is 0.478 e. The summed E-state index contributed by atoms with van der Waals surface area (Å²) in [5.41, 5.74) is 0.853. The summed E-state index contributed by atoms with van der Waals surface area (Å²) in [4.78, 5) is 26.1. The van der Waals surface area contributed by atoms with E-state index in [4.69, 9.17) is 5.11 Å². The van der Waals surface area contributed by atoms with E-state index in [1.54, 1.807) is 36.2 Å². The second-order valence-electron chi connectivity index (χ2n) is 4.06. The number of carboxylic acids is 1. The van der Waals surface area contributed by atoms with E-state index in [1.807, 2.05) is 4.90 Å². The molecule has 2 rings (SSSR count). The lowest BCUT2D eigenvalue weighted by Crippen LogP contribution is -2.48. The maximum absolute atomic E-state index is 11.6. The topological polar surface area (TPSA) is 60.9 Å². The van der Waals surface area contributed by atoms with E-state index in [0.717, 1.165) is 0 Å². The fourth-order valence-electron chi connectivity index (χ4n) is 1.89. The molecule has 0 aromatic heterocycles. The summed E-state index contributed by atoms with van der Waals surface area (Å²) in [7, 11) is 1.75. The molecule has 90 valence electrons. The van der Waals surface area contributed by atoms with Crippen LogP contribution in [0.15, 0.2) is 24.3 Å². The van der Waals surface area contributed by atoms with Crippen LogP contribution in [0.2, 0.25) is 0 Å². The Hall–Kier alpha value is -2.04. The molecule has 0 bridgehead atoms. The molecule has 1 amide bonds. The number of anilines is 1. The van der Waals surface area contributed by atoms with Gasteiger partial charge in [0.15, 0.2) is 0 Å². The molecule has 5 heteroatoms. The second-order valence-corrected chi connectivity index (χ2v) is 4.06. The summed E-state index contributed by atoms with van der Waals surface area (Å²) in [6.45, 7) is 1.51. The maximum Gasteiger partial charge on any atom is 0.337 e. The minimum Gasteiger partial charge on any atom is -0.478 e. The third kappa shape index (κ3) is 2.22. The lowest BCUT2D eigenvalue weighted by atomic mass is 10.1. The maximum atomic E-state index is 11.6. The first-order valence-electron chi connectivity index (χ1n) is 5.41. The van der Waals surface area contributed by atoms with Gasteiger partial charge in [0, 0.05) is 20.1 Å². The number of hydrogen-bond acceptors (Lipinski definition) is 3. The minimum atomic E-state index is -0.966. The van der Waals surface area contributed by atoms with Crippen LogP contribution in [0.25, 0.3) is 0 Å². The van der Waals surface area contributed by atoms with Crippen LogP contribution in [0.5, 0.6) is 0 Å². The molecule has 0 aliphatic carbocycles. The quantitative estimate of drug-likeness (QED) is 0.816. The molecule has 1 aliphatic rings. The molecule has 1 saturated heterocycles. The van der Waals surface area contributed by atoms with Crippen molar-refractivity contribution < 1.29 is 14.7 Å². The van der Waals surface area contributed by atoms with Gasteiger partial charge in [0.05, 0.1) is 17.8 Å². The van der Waals surface area contributed by atoms with Crippen molar-refractivity contribution in [2.45, 2.75) is 0 Å². The third-order valence-corrected chi connectivity index (χ3v) is 2.93. The predicted molar refractivity (Wildman–Crippen MR) is 63.3 cm³/mol. The van der Waals surface area contributed by atoms with Crippen LogP contribution in [-0.2, 0) is 4.79 Å². The molecular formula is C12H14N2O3. The number of aromatic carboxylic acids is 1. The third-order valence-electron chi connectivity index (χ3n) is 2.93. The van der Waals surface area contributed by atoms with E-state index in [1.165, 1.54) is 0 Å². The average Bonchev–Trinajstić information content (AvgIpc) is 2.32. The van der Waals surface area contributed by atoms with Gasteiger partial charge in [-0.25, -0.2) is 4.79 Å². The molecule has 1 aliphatic heterocycles. The highest BCUT2D eigenvalue weighted by atomic mass is 16.4. The molecule has 1 aromatic carbocycles. The lowest BCUT2D eigenvalue weighted by molar-refractivity contribution is -0.129. The number of nitrogens with zero attached hydrogens (tertiary/aromatic N) is 2. The summed E-state index contributed by atoms with van der Waals surface area (Å²) >= 11 is 0. The summed E-state index contributed by atoms with van der Waals surface area (Å²) in [6.07, 6.45) is 0. The van der Waals surface area contributed by atoms with E-state index in [-0.39, 0.29) is 18.0 Å². The van der Waals surface area contributed by atoms with Crippen LogP contribution in [0.3, 0.4) is 0 Å². The average molecular weight is 234 g/mol. The Labute approximate surface area is 99.3 Å². The standard InChI is InChI=1S/C12H14N2O3/c1-13-6-7-14(8-11(13)15)10-5-3-2-4-9(10)12(16)17/h2-5H,6-8H2,1H3,(H,16,17). The smallest absolute Gasteiger partial charge is 0.337 e. The molecule has 1 aromatic rings. The fraction of sp³-hybridized carbons (Fsp3) is 0.333. The van der Waals surface area contributed by atoms with Crippen LogP contribution >= 0.6 is 0 Å². The Morgan fingerprint density at radius 3 is 2.65 bits per heavy atom. The van der Waals surface area contributed by atoms with Gasteiger partial charge in [0.2, 0.25) is 5.91 Å². The highest BCUT2D eigenvalue weighted by Gasteiger charge is 2.23. The summed E-state index contributed by atoms with van der Waals surface area (Å²) in [5.74, 6) is -0.955. The van der Waals surface area contributed by atoms with Crippen LogP contribution in [0, 0.1) is 0 Å². The Bertz CT molecular complexity index is 459. The van der Waals surface area contributed by atoms with Crippen molar-refractivity contribution >= 4 is 17.6 Å². The van der Waals surface area contributed by atoms with E-state index < -0.39 is 5.97 Å². The number of carbonyl (C=O) groups is 2. The van der Waals surface area contributed by atoms with Crippen LogP contribution in [-0.4, -0.2) is 48.6 Å². The molecule has 1 heterocycles. The number of carbonyl (C=O) groups excluding carboxylic acids is 1. The van der Waals surface area contributed by atoms with E-state index in [0.29, 0.717) is 18.8 Å². The van der Waals surface area contributed by atoms with Gasteiger partial charge < -0.3 is 14.9 Å². The van der Waals surface area contributed by atoms with Crippen molar-refractivity contribution in [2.75, 3.05) is 31.6 Å². The number of likely N-dealkylation sites (N-methyl/N-ethyl adjacent to an activating group) is 1. The van der Waals surface area contributed by atoms with Crippen LogP contribution in [0.1, 0.15) is 10.4 Å². The van der Waals surface area contributed by atoms with Gasteiger partial charge in [0.1, 0.15) is 0 Å². The number of carboxylic acid groups (broad SMARTS) is 1. The second kappa shape index (κ2) is 4.45. The van der Waals surface area contributed by atoms with Crippen molar-refractivity contribution in [3.8, 4) is 0 Å². The van der Waals surface area contributed by atoms with Crippen molar-refractivity contribution in [3.63, 3.8) is 0 Å².